The molecule has 1 aliphatic heterocycles. The molecule has 0 saturated carbocycles. The second kappa shape index (κ2) is 6.33. The number of para-hydroxylation sites is 1. The summed E-state index contributed by atoms with van der Waals surface area (Å²) in [6.07, 6.45) is 0. The molecule has 0 aliphatic carbocycles. The third-order valence-electron chi connectivity index (χ3n) is 5.38. The van der Waals surface area contributed by atoms with E-state index >= 15 is 0 Å². The lowest BCUT2D eigenvalue weighted by Gasteiger charge is -2.46. The molecule has 1 atom stereocenters. The number of nitrogens with zero attached hydrogens (tertiary/aromatic N) is 2. The zero-order valence-corrected chi connectivity index (χ0v) is 15.7. The predicted octanol–water partition coefficient (Wildman–Crippen LogP) is 3.74. The molecule has 0 spiro atoms. The van der Waals surface area contributed by atoms with Crippen LogP contribution in [0.5, 0.6) is 0 Å². The lowest BCUT2D eigenvalue weighted by atomic mass is 9.67. The number of anilines is 2. The van der Waals surface area contributed by atoms with Crippen molar-refractivity contribution in [3.05, 3.63) is 59.7 Å². The third-order valence-corrected chi connectivity index (χ3v) is 5.38. The standard InChI is InChI=1S/C20H22F2N4O/c1-19(2)17(27)26(4)18(23)25-20(19,3)13-11-12(9-10-14(13)21)24-16-8-6-5-7-15(16)22/h5-11,24H,1-4H3,(H2,23,25)/t20-/m1/s1. The van der Waals surface area contributed by atoms with Crippen molar-refractivity contribution in [2.45, 2.75) is 26.3 Å². The predicted molar refractivity (Wildman–Crippen MR) is 102 cm³/mol. The fourth-order valence-electron chi connectivity index (χ4n) is 3.27. The summed E-state index contributed by atoms with van der Waals surface area (Å²) in [5.74, 6) is -1.18. The molecule has 3 N–H and O–H groups in total. The van der Waals surface area contributed by atoms with Crippen LogP contribution >= 0.6 is 0 Å². The zero-order chi connectivity index (χ0) is 20.0. The average Bonchev–Trinajstić information content (AvgIpc) is 2.62. The van der Waals surface area contributed by atoms with Gasteiger partial charge in [0.15, 0.2) is 5.96 Å². The molecule has 0 radical (unpaired) electrons. The smallest absolute Gasteiger partial charge is 0.237 e. The van der Waals surface area contributed by atoms with Gasteiger partial charge < -0.3 is 11.1 Å². The van der Waals surface area contributed by atoms with Crippen molar-refractivity contribution in [1.29, 1.82) is 0 Å². The first-order valence-corrected chi connectivity index (χ1v) is 8.53. The quantitative estimate of drug-likeness (QED) is 0.862. The van der Waals surface area contributed by atoms with E-state index in [1.807, 2.05) is 0 Å². The second-order valence-corrected chi connectivity index (χ2v) is 7.33. The topological polar surface area (TPSA) is 70.7 Å². The van der Waals surface area contributed by atoms with Crippen LogP contribution in [0.15, 0.2) is 47.5 Å². The number of halogens is 2. The summed E-state index contributed by atoms with van der Waals surface area (Å²) in [5.41, 5.74) is 4.59. The fraction of sp³-hybridized carbons (Fsp3) is 0.300. The summed E-state index contributed by atoms with van der Waals surface area (Å²) in [6.45, 7) is 5.09. The first-order valence-electron chi connectivity index (χ1n) is 8.53. The Labute approximate surface area is 156 Å². The molecule has 5 nitrogen and oxygen atoms in total. The Bertz CT molecular complexity index is 941. The van der Waals surface area contributed by atoms with Gasteiger partial charge in [-0.1, -0.05) is 12.1 Å². The molecule has 1 amide bonds. The van der Waals surface area contributed by atoms with Crippen molar-refractivity contribution >= 4 is 23.2 Å². The zero-order valence-electron chi connectivity index (χ0n) is 15.7. The van der Waals surface area contributed by atoms with Crippen molar-refractivity contribution in [1.82, 2.24) is 4.90 Å². The van der Waals surface area contributed by atoms with Crippen LogP contribution in [0.4, 0.5) is 20.2 Å². The molecule has 0 bridgehead atoms. The lowest BCUT2D eigenvalue weighted by Crippen LogP contribution is -2.58. The summed E-state index contributed by atoms with van der Waals surface area (Å²) >= 11 is 0. The van der Waals surface area contributed by atoms with Crippen molar-refractivity contribution < 1.29 is 13.6 Å². The monoisotopic (exact) mass is 372 g/mol. The highest BCUT2D eigenvalue weighted by Gasteiger charge is 2.53. The van der Waals surface area contributed by atoms with Crippen LogP contribution < -0.4 is 11.1 Å². The van der Waals surface area contributed by atoms with Gasteiger partial charge >= 0.3 is 0 Å². The fourth-order valence-corrected chi connectivity index (χ4v) is 3.27. The van der Waals surface area contributed by atoms with Crippen molar-refractivity contribution in [2.75, 3.05) is 12.4 Å². The van der Waals surface area contributed by atoms with Gasteiger partial charge in [-0.25, -0.2) is 13.8 Å². The van der Waals surface area contributed by atoms with Crippen LogP contribution in [0.2, 0.25) is 0 Å². The number of hydrogen-bond acceptors (Lipinski definition) is 4. The van der Waals surface area contributed by atoms with E-state index in [1.165, 1.54) is 30.1 Å². The summed E-state index contributed by atoms with van der Waals surface area (Å²) in [4.78, 5) is 18.5. The van der Waals surface area contributed by atoms with Crippen LogP contribution in [-0.4, -0.2) is 23.8 Å². The maximum Gasteiger partial charge on any atom is 0.237 e. The molecule has 2 aromatic rings. The molecule has 142 valence electrons. The van der Waals surface area contributed by atoms with Gasteiger partial charge in [0, 0.05) is 18.3 Å². The van der Waals surface area contributed by atoms with Gasteiger partial charge in [0.2, 0.25) is 5.91 Å². The second-order valence-electron chi connectivity index (χ2n) is 7.33. The maximum absolute atomic E-state index is 14.8. The molecular formula is C20H22F2N4O. The van der Waals surface area contributed by atoms with Gasteiger partial charge in [-0.2, -0.15) is 0 Å². The van der Waals surface area contributed by atoms with Gasteiger partial charge in [-0.15, -0.1) is 0 Å². The van der Waals surface area contributed by atoms with Crippen molar-refractivity contribution in [2.24, 2.45) is 16.1 Å². The van der Waals surface area contributed by atoms with E-state index in [0.717, 1.165) is 0 Å². The van der Waals surface area contributed by atoms with Crippen LogP contribution in [0.25, 0.3) is 0 Å². The highest BCUT2D eigenvalue weighted by molar-refractivity contribution is 6.01. The molecule has 1 aliphatic rings. The van der Waals surface area contributed by atoms with Crippen molar-refractivity contribution in [3.63, 3.8) is 0 Å². The van der Waals surface area contributed by atoms with Gasteiger partial charge in [0.1, 0.15) is 17.2 Å². The van der Waals surface area contributed by atoms with E-state index < -0.39 is 22.6 Å². The average molecular weight is 372 g/mol. The number of benzene rings is 2. The van der Waals surface area contributed by atoms with E-state index in [-0.39, 0.29) is 23.1 Å². The summed E-state index contributed by atoms with van der Waals surface area (Å²) in [7, 11) is 1.54. The number of amides is 1. The number of nitrogens with two attached hydrogens (primary N) is 1. The highest BCUT2D eigenvalue weighted by atomic mass is 19.1. The number of carbonyl (C=O) groups is 1. The molecule has 0 unspecified atom stereocenters. The number of carbonyl (C=O) groups excluding carboxylic acids is 1. The molecule has 3 rings (SSSR count). The Morgan fingerprint density at radius 1 is 1.07 bits per heavy atom. The number of rotatable bonds is 3. The first-order chi connectivity index (χ1) is 12.6. The normalized spacial score (nSPS) is 21.8. The number of aliphatic imine (C=N–C) groups is 1. The number of nitrogens with one attached hydrogen (secondary N) is 1. The Kier molecular flexibility index (Phi) is 4.41. The van der Waals surface area contributed by atoms with E-state index in [2.05, 4.69) is 10.3 Å². The van der Waals surface area contributed by atoms with Gasteiger partial charge in [0.25, 0.3) is 0 Å². The highest BCUT2D eigenvalue weighted by Crippen LogP contribution is 2.47. The minimum Gasteiger partial charge on any atom is -0.369 e. The van der Waals surface area contributed by atoms with Crippen LogP contribution in [0.1, 0.15) is 26.3 Å². The molecule has 2 aromatic carbocycles. The minimum absolute atomic E-state index is 0.0219. The van der Waals surface area contributed by atoms with Gasteiger partial charge in [0.05, 0.1) is 11.1 Å². The van der Waals surface area contributed by atoms with Crippen LogP contribution in [0.3, 0.4) is 0 Å². The van der Waals surface area contributed by atoms with Crippen LogP contribution in [-0.2, 0) is 10.3 Å². The Morgan fingerprint density at radius 2 is 1.74 bits per heavy atom. The largest absolute Gasteiger partial charge is 0.369 e. The van der Waals surface area contributed by atoms with Gasteiger partial charge in [-0.05, 0) is 51.1 Å². The maximum atomic E-state index is 14.8. The molecular weight excluding hydrogens is 350 g/mol. The Balaban J connectivity index is 2.11. The molecule has 1 heterocycles. The van der Waals surface area contributed by atoms with E-state index in [9.17, 15) is 13.6 Å². The SMILES string of the molecule is CN1C(=O)C(C)(C)[C@@](C)(c2cc(Nc3ccccc3F)ccc2F)N=C1N. The van der Waals surface area contributed by atoms with Crippen LogP contribution in [0, 0.1) is 17.0 Å². The molecule has 0 saturated heterocycles. The van der Waals surface area contributed by atoms with E-state index in [0.29, 0.717) is 5.69 Å². The first kappa shape index (κ1) is 18.8. The summed E-state index contributed by atoms with van der Waals surface area (Å²) < 4.78 is 28.7. The third kappa shape index (κ3) is 2.93. The number of hydrogen-bond donors (Lipinski definition) is 2. The van der Waals surface area contributed by atoms with E-state index in [1.54, 1.807) is 45.0 Å². The van der Waals surface area contributed by atoms with E-state index in [4.69, 9.17) is 5.73 Å². The number of guanidine groups is 1. The molecule has 27 heavy (non-hydrogen) atoms. The summed E-state index contributed by atoms with van der Waals surface area (Å²) in [6, 6.07) is 10.5. The Morgan fingerprint density at radius 3 is 2.41 bits per heavy atom. The molecule has 7 heteroatoms. The summed E-state index contributed by atoms with van der Waals surface area (Å²) in [5, 5.41) is 2.94. The van der Waals surface area contributed by atoms with Gasteiger partial charge in [-0.3, -0.25) is 9.69 Å². The molecule has 0 fully saturated rings. The minimum atomic E-state index is -1.22. The lowest BCUT2D eigenvalue weighted by molar-refractivity contribution is -0.140. The molecule has 0 aromatic heterocycles. The Hall–Kier alpha value is -2.96. The van der Waals surface area contributed by atoms with Crippen molar-refractivity contribution in [3.8, 4) is 0 Å².